The Morgan fingerprint density at radius 1 is 0.458 bits per heavy atom. The summed E-state index contributed by atoms with van der Waals surface area (Å²) in [5, 5.41) is 2.28. The van der Waals surface area contributed by atoms with Gasteiger partial charge in [-0.2, -0.15) is 0 Å². The van der Waals surface area contributed by atoms with E-state index in [1.165, 1.54) is 0 Å². The third-order valence-electron chi connectivity index (χ3n) is 5.87. The SMILES string of the molecule is C1=NC(c2cc(-c3ccccn3)nc(-c3ccccn3)c2)N=C1.[Cu+2].[O-][Cl+3]([O-])([O-])[O-].[O-][Cl+3]([O-])([O-])[O-].c1cnc2c(c1)ccc1cccnc12. The van der Waals surface area contributed by atoms with Crippen LogP contribution in [0.5, 0.6) is 0 Å². The minimum absolute atomic E-state index is 0. The van der Waals surface area contributed by atoms with Crippen molar-refractivity contribution >= 4 is 34.2 Å². The summed E-state index contributed by atoms with van der Waals surface area (Å²) < 4.78 is 67.9. The minimum Gasteiger partial charge on any atom is -0.260 e. The molecule has 1 aliphatic heterocycles. The number of aliphatic imine (C=N–C) groups is 2. The van der Waals surface area contributed by atoms with E-state index >= 15 is 0 Å². The van der Waals surface area contributed by atoms with Crippen LogP contribution in [0.15, 0.2) is 120 Å². The number of hydrogen-bond acceptors (Lipinski definition) is 15. The summed E-state index contributed by atoms with van der Waals surface area (Å²) >= 11 is 0. The van der Waals surface area contributed by atoms with Gasteiger partial charge in [-0.25, -0.2) is 42.3 Å². The second kappa shape index (κ2) is 17.7. The molecule has 0 bridgehead atoms. The van der Waals surface area contributed by atoms with Crippen molar-refractivity contribution in [2.45, 2.75) is 6.17 Å². The normalized spacial score (nSPS) is 12.2. The van der Waals surface area contributed by atoms with Crippen LogP contribution in [0.25, 0.3) is 44.6 Å². The Bertz CT molecular complexity index is 1820. The maximum Gasteiger partial charge on any atom is 2.00 e. The number of benzene rings is 1. The Labute approximate surface area is 287 Å². The molecule has 48 heavy (non-hydrogen) atoms. The number of halogens is 2. The van der Waals surface area contributed by atoms with E-state index in [-0.39, 0.29) is 23.2 Å². The Morgan fingerprint density at radius 2 is 0.854 bits per heavy atom. The third-order valence-corrected chi connectivity index (χ3v) is 5.87. The minimum atomic E-state index is -4.94. The maximum atomic E-state index is 8.49. The van der Waals surface area contributed by atoms with E-state index in [0.717, 1.165) is 50.1 Å². The van der Waals surface area contributed by atoms with Crippen LogP contribution in [0.1, 0.15) is 11.7 Å². The van der Waals surface area contributed by atoms with E-state index < -0.39 is 20.5 Å². The van der Waals surface area contributed by atoms with Crippen LogP contribution in [0.3, 0.4) is 0 Å². The molecule has 5 aromatic heterocycles. The van der Waals surface area contributed by atoms with Gasteiger partial charge in [0.2, 0.25) is 0 Å². The molecule has 0 unspecified atom stereocenters. The van der Waals surface area contributed by atoms with Crippen molar-refractivity contribution in [2.75, 3.05) is 0 Å². The van der Waals surface area contributed by atoms with Gasteiger partial charge >= 0.3 is 17.1 Å². The fourth-order valence-corrected chi connectivity index (χ4v) is 4.12. The Balaban J connectivity index is 0.000000212. The first-order chi connectivity index (χ1) is 22.3. The van der Waals surface area contributed by atoms with Crippen LogP contribution in [0.4, 0.5) is 0 Å². The van der Waals surface area contributed by atoms with Crippen LogP contribution in [0.2, 0.25) is 0 Å². The third kappa shape index (κ3) is 12.7. The molecular formula is C30H21Cl2CuN7O8. The van der Waals surface area contributed by atoms with Gasteiger partial charge in [0.05, 0.1) is 33.8 Å². The molecule has 7 rings (SSSR count). The topological polar surface area (TPSA) is 274 Å². The fraction of sp³-hybridized carbons (Fsp3) is 0.0333. The van der Waals surface area contributed by atoms with Gasteiger partial charge in [-0.3, -0.25) is 29.9 Å². The zero-order valence-electron chi connectivity index (χ0n) is 24.1. The van der Waals surface area contributed by atoms with Crippen LogP contribution in [-0.2, 0) is 17.1 Å². The van der Waals surface area contributed by atoms with Crippen LogP contribution in [-0.4, -0.2) is 37.3 Å². The number of aromatic nitrogens is 5. The number of pyridine rings is 5. The van der Waals surface area contributed by atoms with E-state index in [4.69, 9.17) is 42.3 Å². The predicted molar refractivity (Wildman–Crippen MR) is 147 cm³/mol. The molecule has 0 amide bonds. The van der Waals surface area contributed by atoms with Crippen molar-refractivity contribution in [3.05, 3.63) is 115 Å². The van der Waals surface area contributed by atoms with E-state index in [9.17, 15) is 0 Å². The zero-order chi connectivity index (χ0) is 33.9. The second-order valence-corrected chi connectivity index (χ2v) is 10.6. The first-order valence-electron chi connectivity index (χ1n) is 13.1. The van der Waals surface area contributed by atoms with Gasteiger partial charge in [0.25, 0.3) is 0 Å². The molecule has 0 saturated heterocycles. The summed E-state index contributed by atoms with van der Waals surface area (Å²) in [6.07, 6.45) is 10.3. The quantitative estimate of drug-likeness (QED) is 0.127. The van der Waals surface area contributed by atoms with Gasteiger partial charge in [-0.05, 0) is 48.5 Å². The Kier molecular flexibility index (Phi) is 14.0. The average molecular weight is 742 g/mol. The number of fused-ring (bicyclic) bond motifs is 3. The number of hydrogen-bond donors (Lipinski definition) is 0. The smallest absolute Gasteiger partial charge is 0.260 e. The predicted octanol–water partition coefficient (Wildman–Crippen LogP) is -3.37. The standard InChI is InChI=1S/C18H13N5.C12H8N2.2ClHO4.Cu/c1-3-7-19-14(5-1)16-11-13(18-21-9-10-22-18)12-17(23-16)15-6-2-4-8-20-15;1-3-9-5-6-10-4-2-8-14-12(10)11(9)13-7-1;2*2-1(3,4)5;/h1-12,18H;1-8H;2*(H,2,3,4,5);/q;;;;+2/p-2. The Morgan fingerprint density at radius 3 is 1.23 bits per heavy atom. The molecule has 6 heterocycles. The second-order valence-electron chi connectivity index (χ2n) is 9.04. The van der Waals surface area contributed by atoms with Gasteiger partial charge in [0, 0.05) is 53.6 Å². The molecule has 1 aromatic carbocycles. The van der Waals surface area contributed by atoms with Gasteiger partial charge in [-0.1, -0.05) is 36.4 Å². The van der Waals surface area contributed by atoms with E-state index in [1.54, 1.807) is 37.2 Å². The van der Waals surface area contributed by atoms with Gasteiger partial charge < -0.3 is 0 Å². The molecule has 0 aliphatic carbocycles. The van der Waals surface area contributed by atoms with Crippen molar-refractivity contribution < 1.29 is 74.8 Å². The zero-order valence-corrected chi connectivity index (χ0v) is 26.5. The van der Waals surface area contributed by atoms with Crippen molar-refractivity contribution in [3.8, 4) is 22.8 Å². The maximum absolute atomic E-state index is 8.49. The summed E-state index contributed by atoms with van der Waals surface area (Å²) in [6, 6.07) is 27.7. The van der Waals surface area contributed by atoms with Crippen molar-refractivity contribution in [1.82, 2.24) is 24.9 Å². The molecule has 18 heteroatoms. The first kappa shape index (κ1) is 38.1. The van der Waals surface area contributed by atoms with Crippen LogP contribution < -0.4 is 37.3 Å². The van der Waals surface area contributed by atoms with Crippen molar-refractivity contribution in [3.63, 3.8) is 0 Å². The number of rotatable bonds is 3. The molecular weight excluding hydrogens is 721 g/mol. The summed E-state index contributed by atoms with van der Waals surface area (Å²) in [7, 11) is -9.89. The van der Waals surface area contributed by atoms with E-state index in [0.29, 0.717) is 0 Å². The van der Waals surface area contributed by atoms with Crippen LogP contribution in [0, 0.1) is 20.5 Å². The summed E-state index contributed by atoms with van der Waals surface area (Å²) in [5.74, 6) is 0. The molecule has 1 aliphatic rings. The van der Waals surface area contributed by atoms with Crippen molar-refractivity contribution in [1.29, 1.82) is 0 Å². The summed E-state index contributed by atoms with van der Waals surface area (Å²) in [5.41, 5.74) is 6.15. The average Bonchev–Trinajstić information content (AvgIpc) is 3.60. The van der Waals surface area contributed by atoms with Gasteiger partial charge in [-0.15, -0.1) is 20.5 Å². The first-order valence-corrected chi connectivity index (χ1v) is 15.5. The molecule has 1 radical (unpaired) electrons. The largest absolute Gasteiger partial charge is 2.00 e. The van der Waals surface area contributed by atoms with Crippen LogP contribution >= 0.6 is 0 Å². The summed E-state index contributed by atoms with van der Waals surface area (Å²) in [6.45, 7) is 0. The monoisotopic (exact) mass is 740 g/mol. The van der Waals surface area contributed by atoms with Gasteiger partial charge in [0.1, 0.15) is 0 Å². The summed E-state index contributed by atoms with van der Waals surface area (Å²) in [4.78, 5) is 30.9. The molecule has 6 aromatic rings. The Hall–Kier alpha value is -4.39. The van der Waals surface area contributed by atoms with Crippen molar-refractivity contribution in [2.24, 2.45) is 9.98 Å². The number of nitrogens with zero attached hydrogens (tertiary/aromatic N) is 7. The molecule has 0 atom stereocenters. The molecule has 15 nitrogen and oxygen atoms in total. The molecule has 0 fully saturated rings. The molecule has 0 N–H and O–H groups in total. The van der Waals surface area contributed by atoms with E-state index in [1.807, 2.05) is 60.7 Å². The fourth-order valence-electron chi connectivity index (χ4n) is 4.12. The van der Waals surface area contributed by atoms with Gasteiger partial charge in [0.15, 0.2) is 6.17 Å². The molecule has 249 valence electrons. The molecule has 0 spiro atoms. The molecule has 0 saturated carbocycles. The van der Waals surface area contributed by atoms with E-state index in [2.05, 4.69) is 54.2 Å².